The van der Waals surface area contributed by atoms with Gasteiger partial charge in [0.05, 0.1) is 4.92 Å². The lowest BCUT2D eigenvalue weighted by Crippen LogP contribution is -2.33. The Hall–Kier alpha value is -2.18. The van der Waals surface area contributed by atoms with E-state index < -0.39 is 22.3 Å². The van der Waals surface area contributed by atoms with E-state index in [0.29, 0.717) is 19.0 Å². The van der Waals surface area contributed by atoms with E-state index in [1.165, 1.54) is 0 Å². The van der Waals surface area contributed by atoms with Crippen LogP contribution in [0.15, 0.2) is 12.1 Å². The van der Waals surface area contributed by atoms with Gasteiger partial charge in [-0.25, -0.2) is 9.18 Å². The molecule has 1 saturated carbocycles. The molecule has 1 aromatic rings. The molecule has 0 radical (unpaired) electrons. The Morgan fingerprint density at radius 1 is 1.52 bits per heavy atom. The fraction of sp³-hybridized carbons (Fsp3) is 0.500. The van der Waals surface area contributed by atoms with Gasteiger partial charge in [-0.1, -0.05) is 6.42 Å². The summed E-state index contributed by atoms with van der Waals surface area (Å²) in [5.74, 6) is -1.99. The number of nitrogens with zero attached hydrogens (tertiary/aromatic N) is 2. The Bertz CT molecular complexity index is 572. The molecule has 0 bridgehead atoms. The van der Waals surface area contributed by atoms with Crippen LogP contribution in [0.5, 0.6) is 0 Å². The number of carbonyl (C=O) groups is 1. The van der Waals surface area contributed by atoms with Crippen molar-refractivity contribution in [2.24, 2.45) is 5.92 Å². The molecule has 0 heterocycles. The van der Waals surface area contributed by atoms with Crippen molar-refractivity contribution in [3.8, 4) is 0 Å². The van der Waals surface area contributed by atoms with E-state index in [2.05, 4.69) is 0 Å². The van der Waals surface area contributed by atoms with Gasteiger partial charge >= 0.3 is 5.97 Å². The molecule has 1 aliphatic carbocycles. The van der Waals surface area contributed by atoms with E-state index in [-0.39, 0.29) is 11.4 Å². The second kappa shape index (κ2) is 6.07. The number of rotatable bonds is 6. The summed E-state index contributed by atoms with van der Waals surface area (Å²) < 4.78 is 13.8. The monoisotopic (exact) mass is 296 g/mol. The van der Waals surface area contributed by atoms with Gasteiger partial charge in [0.1, 0.15) is 17.1 Å². The van der Waals surface area contributed by atoms with E-state index in [4.69, 9.17) is 5.11 Å². The number of halogens is 1. The summed E-state index contributed by atoms with van der Waals surface area (Å²) in [6, 6.07) is 1.76. The second-order valence-corrected chi connectivity index (χ2v) is 5.22. The van der Waals surface area contributed by atoms with Crippen LogP contribution in [-0.2, 0) is 0 Å². The van der Waals surface area contributed by atoms with Gasteiger partial charge in [0.2, 0.25) is 0 Å². The third-order valence-electron chi connectivity index (χ3n) is 3.92. The quantitative estimate of drug-likeness (QED) is 0.644. The highest BCUT2D eigenvalue weighted by molar-refractivity contribution is 5.90. The zero-order valence-corrected chi connectivity index (χ0v) is 11.7. The van der Waals surface area contributed by atoms with Crippen LogP contribution in [0.4, 0.5) is 15.8 Å². The van der Waals surface area contributed by atoms with Crippen molar-refractivity contribution in [3.63, 3.8) is 0 Å². The second-order valence-electron chi connectivity index (χ2n) is 5.22. The lowest BCUT2D eigenvalue weighted by atomic mass is 9.85. The summed E-state index contributed by atoms with van der Waals surface area (Å²) >= 11 is 0. The van der Waals surface area contributed by atoms with Crippen LogP contribution >= 0.6 is 0 Å². The molecular formula is C14H17FN2O4. The van der Waals surface area contributed by atoms with Gasteiger partial charge in [-0.15, -0.1) is 0 Å². The molecule has 0 atom stereocenters. The summed E-state index contributed by atoms with van der Waals surface area (Å²) in [7, 11) is 0. The molecule has 2 rings (SSSR count). The molecule has 21 heavy (non-hydrogen) atoms. The number of aromatic carboxylic acids is 1. The first-order valence-electron chi connectivity index (χ1n) is 6.90. The molecular weight excluding hydrogens is 279 g/mol. The molecule has 0 spiro atoms. The van der Waals surface area contributed by atoms with Gasteiger partial charge in [-0.3, -0.25) is 10.1 Å². The molecule has 0 amide bonds. The SMILES string of the molecule is CCN(CC1CCC1)c1cc(F)c(C(=O)O)cc1[N+](=O)[O-]. The number of carboxylic acids is 1. The molecule has 6 nitrogen and oxygen atoms in total. The zero-order chi connectivity index (χ0) is 15.6. The Balaban J connectivity index is 2.41. The van der Waals surface area contributed by atoms with Crippen LogP contribution in [0.1, 0.15) is 36.5 Å². The van der Waals surface area contributed by atoms with Crippen molar-refractivity contribution in [2.75, 3.05) is 18.0 Å². The molecule has 1 aliphatic rings. The fourth-order valence-electron chi connectivity index (χ4n) is 2.50. The van der Waals surface area contributed by atoms with Gasteiger partial charge in [0.15, 0.2) is 0 Å². The number of anilines is 1. The van der Waals surface area contributed by atoms with Crippen molar-refractivity contribution in [3.05, 3.63) is 33.6 Å². The van der Waals surface area contributed by atoms with E-state index in [0.717, 1.165) is 31.4 Å². The Morgan fingerprint density at radius 3 is 2.62 bits per heavy atom. The Morgan fingerprint density at radius 2 is 2.19 bits per heavy atom. The standard InChI is InChI=1S/C14H17FN2O4/c1-2-16(8-9-4-3-5-9)12-7-11(15)10(14(18)19)6-13(12)17(20)21/h6-7,9H,2-5,8H2,1H3,(H,18,19). The predicted octanol–water partition coefficient (Wildman–Crippen LogP) is 3.06. The first kappa shape index (κ1) is 15.2. The van der Waals surface area contributed by atoms with E-state index in [1.54, 1.807) is 4.90 Å². The molecule has 0 saturated heterocycles. The first-order chi connectivity index (χ1) is 9.93. The minimum absolute atomic E-state index is 0.150. The van der Waals surface area contributed by atoms with Crippen LogP contribution in [0, 0.1) is 21.8 Å². The topological polar surface area (TPSA) is 83.7 Å². The third kappa shape index (κ3) is 3.12. The average molecular weight is 296 g/mol. The number of nitro groups is 1. The normalized spacial score (nSPS) is 14.6. The van der Waals surface area contributed by atoms with Gasteiger partial charge in [-0.2, -0.15) is 0 Å². The van der Waals surface area contributed by atoms with Gasteiger partial charge in [0, 0.05) is 25.2 Å². The van der Waals surface area contributed by atoms with Crippen LogP contribution < -0.4 is 4.90 Å². The molecule has 114 valence electrons. The van der Waals surface area contributed by atoms with E-state index >= 15 is 0 Å². The smallest absolute Gasteiger partial charge is 0.338 e. The number of benzene rings is 1. The maximum atomic E-state index is 13.8. The van der Waals surface area contributed by atoms with Gasteiger partial charge in [0.25, 0.3) is 5.69 Å². The van der Waals surface area contributed by atoms with Gasteiger partial charge < -0.3 is 10.0 Å². The van der Waals surface area contributed by atoms with Crippen molar-refractivity contribution in [1.29, 1.82) is 0 Å². The molecule has 0 unspecified atom stereocenters. The number of hydrogen-bond donors (Lipinski definition) is 1. The van der Waals surface area contributed by atoms with Crippen molar-refractivity contribution < 1.29 is 19.2 Å². The lowest BCUT2D eigenvalue weighted by molar-refractivity contribution is -0.384. The van der Waals surface area contributed by atoms with Crippen LogP contribution in [0.2, 0.25) is 0 Å². The highest BCUT2D eigenvalue weighted by Crippen LogP contribution is 2.34. The van der Waals surface area contributed by atoms with Crippen LogP contribution in [-0.4, -0.2) is 29.1 Å². The average Bonchev–Trinajstić information content (AvgIpc) is 2.36. The number of carboxylic acid groups (broad SMARTS) is 1. The highest BCUT2D eigenvalue weighted by atomic mass is 19.1. The summed E-state index contributed by atoms with van der Waals surface area (Å²) in [5.41, 5.74) is -0.892. The van der Waals surface area contributed by atoms with E-state index in [9.17, 15) is 19.3 Å². The highest BCUT2D eigenvalue weighted by Gasteiger charge is 2.27. The molecule has 1 N–H and O–H groups in total. The molecule has 7 heteroatoms. The third-order valence-corrected chi connectivity index (χ3v) is 3.92. The maximum absolute atomic E-state index is 13.8. The summed E-state index contributed by atoms with van der Waals surface area (Å²) in [5, 5.41) is 20.0. The lowest BCUT2D eigenvalue weighted by Gasteiger charge is -2.32. The van der Waals surface area contributed by atoms with Crippen LogP contribution in [0.3, 0.4) is 0 Å². The van der Waals surface area contributed by atoms with Crippen LogP contribution in [0.25, 0.3) is 0 Å². The minimum atomic E-state index is -1.51. The van der Waals surface area contributed by atoms with Crippen molar-refractivity contribution >= 4 is 17.3 Å². The Labute approximate surface area is 121 Å². The summed E-state index contributed by atoms with van der Waals surface area (Å²) in [4.78, 5) is 23.2. The minimum Gasteiger partial charge on any atom is -0.478 e. The number of hydrogen-bond acceptors (Lipinski definition) is 4. The molecule has 0 aliphatic heterocycles. The van der Waals surface area contributed by atoms with Crippen molar-refractivity contribution in [1.82, 2.24) is 0 Å². The maximum Gasteiger partial charge on any atom is 0.338 e. The molecule has 1 fully saturated rings. The molecule has 0 aromatic heterocycles. The largest absolute Gasteiger partial charge is 0.478 e. The first-order valence-corrected chi connectivity index (χ1v) is 6.90. The van der Waals surface area contributed by atoms with Crippen molar-refractivity contribution in [2.45, 2.75) is 26.2 Å². The zero-order valence-electron chi connectivity index (χ0n) is 11.7. The fourth-order valence-corrected chi connectivity index (χ4v) is 2.50. The van der Waals surface area contributed by atoms with Gasteiger partial charge in [-0.05, 0) is 25.7 Å². The number of nitro benzene ring substituents is 1. The predicted molar refractivity (Wildman–Crippen MR) is 75.2 cm³/mol. The summed E-state index contributed by atoms with van der Waals surface area (Å²) in [6.07, 6.45) is 3.29. The summed E-state index contributed by atoms with van der Waals surface area (Å²) in [6.45, 7) is 2.97. The molecule has 1 aromatic carbocycles. The Kier molecular flexibility index (Phi) is 4.40. The van der Waals surface area contributed by atoms with E-state index in [1.807, 2.05) is 6.92 Å².